The summed E-state index contributed by atoms with van der Waals surface area (Å²) in [7, 11) is 1.61. The van der Waals surface area contributed by atoms with Gasteiger partial charge >= 0.3 is 5.97 Å². The van der Waals surface area contributed by atoms with Crippen LogP contribution in [0.2, 0.25) is 5.02 Å². The smallest absolute Gasteiger partial charge is 0.306 e. The van der Waals surface area contributed by atoms with Crippen LogP contribution in [-0.2, 0) is 11.2 Å². The Kier molecular flexibility index (Phi) is 3.06. The van der Waals surface area contributed by atoms with Crippen molar-refractivity contribution in [3.05, 3.63) is 28.8 Å². The van der Waals surface area contributed by atoms with E-state index >= 15 is 0 Å². The van der Waals surface area contributed by atoms with Crippen molar-refractivity contribution in [2.24, 2.45) is 11.8 Å². The van der Waals surface area contributed by atoms with E-state index in [2.05, 4.69) is 0 Å². The van der Waals surface area contributed by atoms with Gasteiger partial charge in [-0.3, -0.25) is 4.79 Å². The van der Waals surface area contributed by atoms with Crippen molar-refractivity contribution in [3.8, 4) is 5.75 Å². The number of benzene rings is 1. The fourth-order valence-corrected chi connectivity index (χ4v) is 2.16. The van der Waals surface area contributed by atoms with Crippen LogP contribution in [0.25, 0.3) is 0 Å². The second kappa shape index (κ2) is 4.34. The fourth-order valence-electron chi connectivity index (χ4n) is 1.96. The summed E-state index contributed by atoms with van der Waals surface area (Å²) in [5.41, 5.74) is 0.990. The normalized spacial score (nSPS) is 22.9. The first-order valence-electron chi connectivity index (χ1n) is 5.17. The van der Waals surface area contributed by atoms with Gasteiger partial charge in [-0.15, -0.1) is 0 Å². The van der Waals surface area contributed by atoms with Crippen molar-refractivity contribution >= 4 is 17.6 Å². The molecule has 3 nitrogen and oxygen atoms in total. The average Bonchev–Trinajstić information content (AvgIpc) is 2.98. The maximum absolute atomic E-state index is 10.7. The first kappa shape index (κ1) is 11.3. The van der Waals surface area contributed by atoms with E-state index in [0.717, 1.165) is 24.2 Å². The van der Waals surface area contributed by atoms with E-state index in [1.54, 1.807) is 13.2 Å². The second-order valence-corrected chi connectivity index (χ2v) is 4.54. The highest BCUT2D eigenvalue weighted by molar-refractivity contribution is 6.30. The van der Waals surface area contributed by atoms with Crippen LogP contribution < -0.4 is 4.74 Å². The molecular weight excluding hydrogens is 228 g/mol. The standard InChI is InChI=1S/C12H13ClO3/c1-16-11-3-2-9(13)5-8(11)4-7-6-10(7)12(14)15/h2-3,5,7,10H,4,6H2,1H3,(H,14,15). The van der Waals surface area contributed by atoms with Crippen molar-refractivity contribution in [2.45, 2.75) is 12.8 Å². The monoisotopic (exact) mass is 240 g/mol. The molecule has 1 fully saturated rings. The van der Waals surface area contributed by atoms with Gasteiger partial charge in [0.25, 0.3) is 0 Å². The van der Waals surface area contributed by atoms with Gasteiger partial charge < -0.3 is 9.84 Å². The molecular formula is C12H13ClO3. The number of hydrogen-bond acceptors (Lipinski definition) is 2. The van der Waals surface area contributed by atoms with Crippen LogP contribution in [-0.4, -0.2) is 18.2 Å². The zero-order valence-electron chi connectivity index (χ0n) is 8.94. The van der Waals surface area contributed by atoms with Gasteiger partial charge in [-0.1, -0.05) is 11.6 Å². The lowest BCUT2D eigenvalue weighted by atomic mass is 10.1. The molecule has 0 saturated heterocycles. The molecule has 2 rings (SSSR count). The maximum Gasteiger partial charge on any atom is 0.306 e. The molecule has 0 heterocycles. The van der Waals surface area contributed by atoms with Crippen LogP contribution in [0.3, 0.4) is 0 Å². The van der Waals surface area contributed by atoms with Crippen molar-refractivity contribution in [1.82, 2.24) is 0 Å². The number of carbonyl (C=O) groups is 1. The Labute approximate surface area is 99.0 Å². The molecule has 1 saturated carbocycles. The average molecular weight is 241 g/mol. The maximum atomic E-state index is 10.7. The van der Waals surface area contributed by atoms with Crippen LogP contribution in [0.15, 0.2) is 18.2 Å². The summed E-state index contributed by atoms with van der Waals surface area (Å²) < 4.78 is 5.22. The minimum Gasteiger partial charge on any atom is -0.496 e. The second-order valence-electron chi connectivity index (χ2n) is 4.10. The Bertz CT molecular complexity index is 417. The lowest BCUT2D eigenvalue weighted by molar-refractivity contribution is -0.138. The van der Waals surface area contributed by atoms with Crippen LogP contribution in [0.4, 0.5) is 0 Å². The Morgan fingerprint density at radius 3 is 2.94 bits per heavy atom. The quantitative estimate of drug-likeness (QED) is 0.880. The van der Waals surface area contributed by atoms with E-state index in [-0.39, 0.29) is 11.8 Å². The molecule has 86 valence electrons. The predicted octanol–water partition coefficient (Wildman–Crippen LogP) is 2.61. The number of carboxylic acids is 1. The molecule has 1 aromatic carbocycles. The number of rotatable bonds is 4. The SMILES string of the molecule is COc1ccc(Cl)cc1CC1CC1C(=O)O. The molecule has 0 aromatic heterocycles. The number of aliphatic carboxylic acids is 1. The van der Waals surface area contributed by atoms with E-state index in [9.17, 15) is 4.79 Å². The molecule has 1 N–H and O–H groups in total. The van der Waals surface area contributed by atoms with Gasteiger partial charge in [0.2, 0.25) is 0 Å². The summed E-state index contributed by atoms with van der Waals surface area (Å²) in [6, 6.07) is 5.43. The molecule has 1 aliphatic rings. The van der Waals surface area contributed by atoms with E-state index in [4.69, 9.17) is 21.4 Å². The number of carboxylic acid groups (broad SMARTS) is 1. The molecule has 0 radical (unpaired) electrons. The van der Waals surface area contributed by atoms with Crippen LogP contribution in [0.1, 0.15) is 12.0 Å². The molecule has 16 heavy (non-hydrogen) atoms. The molecule has 1 aromatic rings. The Morgan fingerprint density at radius 1 is 1.62 bits per heavy atom. The highest BCUT2D eigenvalue weighted by Gasteiger charge is 2.43. The predicted molar refractivity (Wildman–Crippen MR) is 60.9 cm³/mol. The highest BCUT2D eigenvalue weighted by Crippen LogP contribution is 2.42. The molecule has 0 aliphatic heterocycles. The summed E-state index contributed by atoms with van der Waals surface area (Å²) >= 11 is 5.90. The zero-order chi connectivity index (χ0) is 11.7. The molecule has 0 spiro atoms. The van der Waals surface area contributed by atoms with Gasteiger partial charge in [-0.05, 0) is 42.5 Å². The number of methoxy groups -OCH3 is 1. The Morgan fingerprint density at radius 2 is 2.38 bits per heavy atom. The summed E-state index contributed by atoms with van der Waals surface area (Å²) in [6.45, 7) is 0. The van der Waals surface area contributed by atoms with Crippen LogP contribution in [0, 0.1) is 11.8 Å². The van der Waals surface area contributed by atoms with Crippen molar-refractivity contribution < 1.29 is 14.6 Å². The molecule has 2 atom stereocenters. The van der Waals surface area contributed by atoms with Crippen molar-refractivity contribution in [2.75, 3.05) is 7.11 Å². The largest absolute Gasteiger partial charge is 0.496 e. The van der Waals surface area contributed by atoms with Gasteiger partial charge in [0, 0.05) is 5.02 Å². The van der Waals surface area contributed by atoms with Gasteiger partial charge in [-0.2, -0.15) is 0 Å². The third-order valence-corrected chi connectivity index (χ3v) is 3.20. The third-order valence-electron chi connectivity index (χ3n) is 2.96. The van der Waals surface area contributed by atoms with Crippen LogP contribution in [0.5, 0.6) is 5.75 Å². The highest BCUT2D eigenvalue weighted by atomic mass is 35.5. The summed E-state index contributed by atoms with van der Waals surface area (Å²) in [6.07, 6.45) is 1.48. The van der Waals surface area contributed by atoms with E-state index in [1.165, 1.54) is 0 Å². The van der Waals surface area contributed by atoms with Gasteiger partial charge in [0.15, 0.2) is 0 Å². The summed E-state index contributed by atoms with van der Waals surface area (Å²) in [5, 5.41) is 9.48. The lowest BCUT2D eigenvalue weighted by Gasteiger charge is -2.08. The van der Waals surface area contributed by atoms with E-state index in [0.29, 0.717) is 5.02 Å². The third kappa shape index (κ3) is 2.30. The first-order chi connectivity index (χ1) is 7.61. The summed E-state index contributed by atoms with van der Waals surface area (Å²) in [4.78, 5) is 10.7. The number of halogens is 1. The fraction of sp³-hybridized carbons (Fsp3) is 0.417. The molecule has 0 amide bonds. The van der Waals surface area contributed by atoms with Crippen molar-refractivity contribution in [1.29, 1.82) is 0 Å². The Hall–Kier alpha value is -1.22. The minimum absolute atomic E-state index is 0.191. The van der Waals surface area contributed by atoms with Gasteiger partial charge in [0.05, 0.1) is 13.0 Å². The summed E-state index contributed by atoms with van der Waals surface area (Å²) in [5.74, 6) is 0.111. The van der Waals surface area contributed by atoms with Gasteiger partial charge in [0.1, 0.15) is 5.75 Å². The molecule has 4 heteroatoms. The van der Waals surface area contributed by atoms with Crippen LogP contribution >= 0.6 is 11.6 Å². The van der Waals surface area contributed by atoms with E-state index in [1.807, 2.05) is 12.1 Å². The molecule has 2 unspecified atom stereocenters. The van der Waals surface area contributed by atoms with Gasteiger partial charge in [-0.25, -0.2) is 0 Å². The van der Waals surface area contributed by atoms with Crippen molar-refractivity contribution in [3.63, 3.8) is 0 Å². The number of hydrogen-bond donors (Lipinski definition) is 1. The Balaban J connectivity index is 2.09. The molecule has 1 aliphatic carbocycles. The van der Waals surface area contributed by atoms with E-state index < -0.39 is 5.97 Å². The first-order valence-corrected chi connectivity index (χ1v) is 5.55. The minimum atomic E-state index is -0.703. The lowest BCUT2D eigenvalue weighted by Crippen LogP contribution is -2.02. The number of ether oxygens (including phenoxy) is 1. The topological polar surface area (TPSA) is 46.5 Å². The zero-order valence-corrected chi connectivity index (χ0v) is 9.70. The molecule has 0 bridgehead atoms.